The van der Waals surface area contributed by atoms with Crippen molar-refractivity contribution < 1.29 is 18.1 Å². The Morgan fingerprint density at radius 3 is 2.35 bits per heavy atom. The first kappa shape index (κ1) is 24.1. The lowest BCUT2D eigenvalue weighted by atomic mass is 9.92. The summed E-state index contributed by atoms with van der Waals surface area (Å²) in [6, 6.07) is 17.0. The summed E-state index contributed by atoms with van der Waals surface area (Å²) in [6.07, 6.45) is 0.466. The Kier molecular flexibility index (Phi) is 6.99. The van der Waals surface area contributed by atoms with Crippen LogP contribution in [0.15, 0.2) is 48.5 Å². The first-order chi connectivity index (χ1) is 14.5. The van der Waals surface area contributed by atoms with Crippen molar-refractivity contribution in [1.29, 1.82) is 0 Å². The van der Waals surface area contributed by atoms with Gasteiger partial charge in [0.2, 0.25) is 0 Å². The molecule has 2 fully saturated rings. The summed E-state index contributed by atoms with van der Waals surface area (Å²) in [5.41, 5.74) is 5.10. The Hall–Kier alpha value is -0.01000. The number of phosphoric acid groups is 1. The van der Waals surface area contributed by atoms with Crippen molar-refractivity contribution in [2.45, 2.75) is 35.4 Å². The molecule has 2 aromatic rings. The molecule has 0 radical (unpaired) electrons. The van der Waals surface area contributed by atoms with E-state index < -0.39 is 16.1 Å². The van der Waals surface area contributed by atoms with Gasteiger partial charge in [0.25, 0.3) is 0 Å². The Balaban J connectivity index is 1.59. The molecule has 2 aromatic carbocycles. The van der Waals surface area contributed by atoms with Crippen molar-refractivity contribution in [2.75, 3.05) is 13.2 Å². The molecule has 31 heavy (non-hydrogen) atoms. The summed E-state index contributed by atoms with van der Waals surface area (Å²) in [5.74, 6) is 0.493. The Morgan fingerprint density at radius 1 is 1.10 bits per heavy atom. The van der Waals surface area contributed by atoms with E-state index in [4.69, 9.17) is 13.6 Å². The maximum atomic E-state index is 12.8. The maximum absolute atomic E-state index is 12.8. The van der Waals surface area contributed by atoms with Gasteiger partial charge in [-0.3, -0.25) is 13.6 Å². The molecule has 1 saturated heterocycles. The largest absolute Gasteiger partial charge is 0.475 e. The fraction of sp³-hybridized carbons (Fsp3) is 0.478. The molecule has 8 heteroatoms. The molecule has 4 nitrogen and oxygen atoms in total. The zero-order chi connectivity index (χ0) is 22.4. The smallest absolute Gasteiger partial charge is 0.284 e. The van der Waals surface area contributed by atoms with Gasteiger partial charge in [0.1, 0.15) is 6.10 Å². The topological polar surface area (TPSA) is 44.8 Å². The highest BCUT2D eigenvalue weighted by Gasteiger charge is 2.65. The zero-order valence-corrected chi connectivity index (χ0v) is 23.3. The quantitative estimate of drug-likeness (QED) is 0.239. The number of alkyl halides is 3. The molecular weight excluding hydrogens is 611 g/mol. The first-order valence-corrected chi connectivity index (χ1v) is 14.1. The normalized spacial score (nSPS) is 25.4. The molecule has 1 heterocycles. The molecule has 1 aliphatic heterocycles. The first-order valence-electron chi connectivity index (χ1n) is 10.3. The Morgan fingerprint density at radius 2 is 1.74 bits per heavy atom. The van der Waals surface area contributed by atoms with E-state index in [2.05, 4.69) is 111 Å². The maximum Gasteiger partial charge on any atom is 0.475 e. The number of halogens is 3. The average molecular weight is 637 g/mol. The number of hydrogen-bond donors (Lipinski definition) is 0. The van der Waals surface area contributed by atoms with Crippen molar-refractivity contribution in [3.05, 3.63) is 59.7 Å². The second kappa shape index (κ2) is 8.98. The van der Waals surface area contributed by atoms with E-state index in [1.165, 1.54) is 22.3 Å². The third-order valence-corrected chi connectivity index (χ3v) is 9.42. The van der Waals surface area contributed by atoms with Crippen molar-refractivity contribution in [2.24, 2.45) is 17.3 Å². The third kappa shape index (κ3) is 5.08. The molecule has 0 spiro atoms. The van der Waals surface area contributed by atoms with E-state index in [1.807, 2.05) is 6.07 Å². The van der Waals surface area contributed by atoms with Gasteiger partial charge in [0, 0.05) is 0 Å². The molecule has 2 aliphatic rings. The number of rotatable bonds is 6. The molecule has 0 amide bonds. The lowest BCUT2D eigenvalue weighted by molar-refractivity contribution is 0.113. The van der Waals surface area contributed by atoms with E-state index in [0.29, 0.717) is 5.92 Å². The molecule has 1 saturated carbocycles. The molecule has 4 rings (SSSR count). The van der Waals surface area contributed by atoms with Gasteiger partial charge in [0.15, 0.2) is 2.14 Å². The Bertz CT molecular complexity index is 980. The van der Waals surface area contributed by atoms with Gasteiger partial charge in [0.05, 0.1) is 13.2 Å². The Labute approximate surface area is 209 Å². The molecule has 0 unspecified atom stereocenters. The molecule has 3 atom stereocenters. The molecule has 0 N–H and O–H groups in total. The molecule has 1 aliphatic carbocycles. The van der Waals surface area contributed by atoms with Crippen LogP contribution >= 0.6 is 55.6 Å². The van der Waals surface area contributed by atoms with E-state index in [1.54, 1.807) is 0 Å². The summed E-state index contributed by atoms with van der Waals surface area (Å²) in [6.45, 7) is 7.23. The minimum absolute atomic E-state index is 0.000692. The second-order valence-electron chi connectivity index (χ2n) is 8.79. The molecule has 0 aromatic heterocycles. The zero-order valence-electron chi connectivity index (χ0n) is 17.7. The van der Waals surface area contributed by atoms with Gasteiger partial charge in [-0.15, -0.1) is 0 Å². The summed E-state index contributed by atoms with van der Waals surface area (Å²) in [7, 11) is -3.55. The average Bonchev–Trinajstić information content (AvgIpc) is 3.00. The van der Waals surface area contributed by atoms with Crippen LogP contribution in [0.5, 0.6) is 0 Å². The summed E-state index contributed by atoms with van der Waals surface area (Å²) in [4.78, 5) is 0. The van der Waals surface area contributed by atoms with Gasteiger partial charge in [-0.1, -0.05) is 110 Å². The van der Waals surface area contributed by atoms with Crippen LogP contribution in [0.4, 0.5) is 0 Å². The molecule has 168 valence electrons. The number of phosphoric ester groups is 1. The van der Waals surface area contributed by atoms with Gasteiger partial charge >= 0.3 is 7.82 Å². The summed E-state index contributed by atoms with van der Waals surface area (Å²) in [5, 5.41) is 0. The van der Waals surface area contributed by atoms with Gasteiger partial charge in [-0.2, -0.15) is 0 Å². The van der Waals surface area contributed by atoms with Crippen LogP contribution in [0.2, 0.25) is 0 Å². The fourth-order valence-electron chi connectivity index (χ4n) is 4.71. The van der Waals surface area contributed by atoms with Crippen LogP contribution in [0.3, 0.4) is 0 Å². The predicted molar refractivity (Wildman–Crippen MR) is 135 cm³/mol. The second-order valence-corrected chi connectivity index (χ2v) is 17.4. The minimum atomic E-state index is -3.55. The molecule has 0 bridgehead atoms. The lowest BCUT2D eigenvalue weighted by Gasteiger charge is -2.28. The van der Waals surface area contributed by atoms with Crippen LogP contribution in [-0.4, -0.2) is 21.5 Å². The number of benzene rings is 2. The predicted octanol–water partition coefficient (Wildman–Crippen LogP) is 7.86. The summed E-state index contributed by atoms with van der Waals surface area (Å²) >= 11 is 10.8. The van der Waals surface area contributed by atoms with Gasteiger partial charge in [-0.05, 0) is 52.8 Å². The van der Waals surface area contributed by atoms with E-state index in [0.717, 1.165) is 6.42 Å². The summed E-state index contributed by atoms with van der Waals surface area (Å²) < 4.78 is 28.6. The fourth-order valence-corrected chi connectivity index (χ4v) is 7.64. The van der Waals surface area contributed by atoms with Gasteiger partial charge < -0.3 is 0 Å². The van der Waals surface area contributed by atoms with Crippen LogP contribution in [0, 0.1) is 24.2 Å². The van der Waals surface area contributed by atoms with Crippen LogP contribution in [-0.2, 0) is 24.6 Å². The van der Waals surface area contributed by atoms with Crippen LogP contribution in [0.1, 0.15) is 25.0 Å². The highest BCUT2D eigenvalue weighted by molar-refractivity contribution is 9.39. The van der Waals surface area contributed by atoms with E-state index in [-0.39, 0.29) is 24.5 Å². The monoisotopic (exact) mass is 634 g/mol. The highest BCUT2D eigenvalue weighted by atomic mass is 80.0. The van der Waals surface area contributed by atoms with Crippen LogP contribution in [0.25, 0.3) is 11.1 Å². The van der Waals surface area contributed by atoms with E-state index >= 15 is 0 Å². The minimum Gasteiger partial charge on any atom is -0.284 e. The SMILES string of the molecule is Cc1c(C[C@H]2[C@@H]([C@@H](OP3(=O)OCCO3)C(Br)(Br)Br)C2(C)C)cccc1-c1ccccc1. The lowest BCUT2D eigenvalue weighted by Crippen LogP contribution is -2.31. The van der Waals surface area contributed by atoms with Crippen LogP contribution < -0.4 is 0 Å². The van der Waals surface area contributed by atoms with Crippen molar-refractivity contribution >= 4 is 55.6 Å². The number of hydrogen-bond acceptors (Lipinski definition) is 4. The standard InChI is InChI=1S/C23H26Br3O4P/c1-15-17(10-7-11-18(15)16-8-5-4-6-9-16)14-19-20(22(19,2)3)21(23(24,25)26)30-31(27)28-12-13-29-31/h4-11,19-21H,12-14H2,1-3H3/t19-,20-,21+/m0/s1. The van der Waals surface area contributed by atoms with E-state index in [9.17, 15) is 4.57 Å². The van der Waals surface area contributed by atoms with Crippen molar-refractivity contribution in [3.8, 4) is 11.1 Å². The van der Waals surface area contributed by atoms with Crippen molar-refractivity contribution in [3.63, 3.8) is 0 Å². The third-order valence-electron chi connectivity index (χ3n) is 6.58. The molecular formula is C23H26Br3O4P. The highest BCUT2D eigenvalue weighted by Crippen LogP contribution is 2.69. The van der Waals surface area contributed by atoms with Crippen molar-refractivity contribution in [1.82, 2.24) is 0 Å². The van der Waals surface area contributed by atoms with Gasteiger partial charge in [-0.25, -0.2) is 4.57 Å².